The SMILES string of the molecule is CCN(CC)CCNC(=O)c1n[nH]c2c(F)cccc2c1=O. The number of nitrogens with one attached hydrogen (secondary N) is 2. The van der Waals surface area contributed by atoms with Crippen LogP contribution in [0.25, 0.3) is 10.9 Å². The number of halogens is 1. The Balaban J connectivity index is 2.16. The Hall–Kier alpha value is -2.28. The van der Waals surface area contributed by atoms with Crippen LogP contribution in [0.2, 0.25) is 0 Å². The first-order chi connectivity index (χ1) is 10.6. The van der Waals surface area contributed by atoms with Gasteiger partial charge in [0, 0.05) is 13.1 Å². The molecule has 1 aromatic heterocycles. The smallest absolute Gasteiger partial charge is 0.275 e. The van der Waals surface area contributed by atoms with E-state index < -0.39 is 17.2 Å². The molecule has 0 fully saturated rings. The Morgan fingerprint density at radius 3 is 2.77 bits per heavy atom. The van der Waals surface area contributed by atoms with Crippen LogP contribution in [-0.4, -0.2) is 47.2 Å². The van der Waals surface area contributed by atoms with Gasteiger partial charge in [0.25, 0.3) is 5.91 Å². The van der Waals surface area contributed by atoms with E-state index in [1.54, 1.807) is 0 Å². The average molecular weight is 306 g/mol. The highest BCUT2D eigenvalue weighted by molar-refractivity contribution is 5.95. The number of carbonyl (C=O) groups excluding carboxylic acids is 1. The van der Waals surface area contributed by atoms with Crippen molar-refractivity contribution in [2.24, 2.45) is 0 Å². The zero-order valence-corrected chi connectivity index (χ0v) is 12.6. The number of nitrogens with zero attached hydrogens (tertiary/aromatic N) is 2. The molecule has 2 rings (SSSR count). The molecule has 0 atom stereocenters. The van der Waals surface area contributed by atoms with Crippen LogP contribution in [0.3, 0.4) is 0 Å². The van der Waals surface area contributed by atoms with Crippen molar-refractivity contribution in [3.63, 3.8) is 0 Å². The molecule has 0 bridgehead atoms. The molecule has 0 aliphatic rings. The molecule has 22 heavy (non-hydrogen) atoms. The summed E-state index contributed by atoms with van der Waals surface area (Å²) in [6.45, 7) is 6.97. The van der Waals surface area contributed by atoms with Gasteiger partial charge in [0.2, 0.25) is 5.43 Å². The normalized spacial score (nSPS) is 11.1. The van der Waals surface area contributed by atoms with E-state index in [2.05, 4.69) is 20.4 Å². The molecule has 2 N–H and O–H groups in total. The first-order valence-corrected chi connectivity index (χ1v) is 7.25. The van der Waals surface area contributed by atoms with Crippen LogP contribution in [0, 0.1) is 5.82 Å². The average Bonchev–Trinajstić information content (AvgIpc) is 2.52. The van der Waals surface area contributed by atoms with Crippen LogP contribution in [-0.2, 0) is 0 Å². The number of aromatic amines is 1. The summed E-state index contributed by atoms with van der Waals surface area (Å²) in [6, 6.07) is 4.12. The number of aromatic nitrogens is 2. The molecule has 2 aromatic rings. The maximum atomic E-state index is 13.6. The maximum Gasteiger partial charge on any atom is 0.275 e. The predicted octanol–water partition coefficient (Wildman–Crippen LogP) is 1.13. The van der Waals surface area contributed by atoms with Crippen molar-refractivity contribution in [3.8, 4) is 0 Å². The highest BCUT2D eigenvalue weighted by Crippen LogP contribution is 2.10. The predicted molar refractivity (Wildman–Crippen MR) is 82.4 cm³/mol. The van der Waals surface area contributed by atoms with E-state index in [0.29, 0.717) is 13.1 Å². The molecular weight excluding hydrogens is 287 g/mol. The molecule has 118 valence electrons. The zero-order chi connectivity index (χ0) is 16.1. The number of carbonyl (C=O) groups is 1. The lowest BCUT2D eigenvalue weighted by Crippen LogP contribution is -2.37. The van der Waals surface area contributed by atoms with E-state index in [1.165, 1.54) is 18.2 Å². The van der Waals surface area contributed by atoms with Gasteiger partial charge in [-0.15, -0.1) is 0 Å². The number of benzene rings is 1. The van der Waals surface area contributed by atoms with Crippen LogP contribution >= 0.6 is 0 Å². The Kier molecular flexibility index (Phi) is 5.21. The van der Waals surface area contributed by atoms with Crippen LogP contribution < -0.4 is 10.7 Å². The number of hydrogen-bond acceptors (Lipinski definition) is 4. The van der Waals surface area contributed by atoms with Crippen molar-refractivity contribution in [1.29, 1.82) is 0 Å². The summed E-state index contributed by atoms with van der Waals surface area (Å²) >= 11 is 0. The first kappa shape index (κ1) is 16.1. The molecule has 0 aliphatic carbocycles. The molecule has 1 amide bonds. The molecule has 7 heteroatoms. The molecule has 6 nitrogen and oxygen atoms in total. The summed E-state index contributed by atoms with van der Waals surface area (Å²) in [5.74, 6) is -1.13. The molecule has 0 radical (unpaired) electrons. The van der Waals surface area contributed by atoms with Crippen molar-refractivity contribution in [2.75, 3.05) is 26.2 Å². The second-order valence-corrected chi connectivity index (χ2v) is 4.85. The number of fused-ring (bicyclic) bond motifs is 1. The van der Waals surface area contributed by atoms with E-state index in [-0.39, 0.29) is 16.6 Å². The van der Waals surface area contributed by atoms with Gasteiger partial charge in [-0.05, 0) is 25.2 Å². The molecule has 0 aliphatic heterocycles. The van der Waals surface area contributed by atoms with E-state index >= 15 is 0 Å². The van der Waals surface area contributed by atoms with Crippen molar-refractivity contribution >= 4 is 16.8 Å². The van der Waals surface area contributed by atoms with Gasteiger partial charge in [-0.3, -0.25) is 14.7 Å². The monoisotopic (exact) mass is 306 g/mol. The minimum atomic E-state index is -0.575. The van der Waals surface area contributed by atoms with Gasteiger partial charge in [0.05, 0.1) is 5.39 Å². The quantitative estimate of drug-likeness (QED) is 0.839. The van der Waals surface area contributed by atoms with Gasteiger partial charge in [0.15, 0.2) is 5.69 Å². The van der Waals surface area contributed by atoms with E-state index in [0.717, 1.165) is 13.1 Å². The summed E-state index contributed by atoms with van der Waals surface area (Å²) in [7, 11) is 0. The first-order valence-electron chi connectivity index (χ1n) is 7.25. The number of para-hydroxylation sites is 1. The molecule has 0 saturated carbocycles. The van der Waals surface area contributed by atoms with Crippen LogP contribution in [0.5, 0.6) is 0 Å². The summed E-state index contributed by atoms with van der Waals surface area (Å²) in [4.78, 5) is 26.4. The van der Waals surface area contributed by atoms with Gasteiger partial charge in [-0.25, -0.2) is 4.39 Å². The largest absolute Gasteiger partial charge is 0.349 e. The Morgan fingerprint density at radius 2 is 2.09 bits per heavy atom. The summed E-state index contributed by atoms with van der Waals surface area (Å²) in [5, 5.41) is 8.91. The number of H-pyrrole nitrogens is 1. The lowest BCUT2D eigenvalue weighted by atomic mass is 10.2. The summed E-state index contributed by atoms with van der Waals surface area (Å²) in [6.07, 6.45) is 0. The van der Waals surface area contributed by atoms with Crippen LogP contribution in [0.1, 0.15) is 24.3 Å². The number of amides is 1. The van der Waals surface area contributed by atoms with E-state index in [1.807, 2.05) is 13.8 Å². The number of hydrogen-bond donors (Lipinski definition) is 2. The second kappa shape index (κ2) is 7.13. The van der Waals surface area contributed by atoms with Crippen molar-refractivity contribution in [3.05, 3.63) is 39.9 Å². The van der Waals surface area contributed by atoms with Gasteiger partial charge in [0.1, 0.15) is 11.3 Å². The summed E-state index contributed by atoms with van der Waals surface area (Å²) < 4.78 is 13.6. The maximum absolute atomic E-state index is 13.6. The van der Waals surface area contributed by atoms with E-state index in [4.69, 9.17) is 0 Å². The van der Waals surface area contributed by atoms with Crippen molar-refractivity contribution in [2.45, 2.75) is 13.8 Å². The Morgan fingerprint density at radius 1 is 1.36 bits per heavy atom. The molecule has 1 heterocycles. The minimum absolute atomic E-state index is 0.00666. The lowest BCUT2D eigenvalue weighted by molar-refractivity contribution is 0.0942. The highest BCUT2D eigenvalue weighted by atomic mass is 19.1. The standard InChI is InChI=1S/C15H19FN4O2/c1-3-20(4-2)9-8-17-15(22)13-14(21)10-6-5-7-11(16)12(10)18-19-13/h5-7H,3-4,8-9H2,1-2H3,(H,17,22)(H,18,21). The lowest BCUT2D eigenvalue weighted by Gasteiger charge is -2.17. The third-order valence-electron chi connectivity index (χ3n) is 3.58. The third-order valence-corrected chi connectivity index (χ3v) is 3.58. The van der Waals surface area contributed by atoms with Crippen LogP contribution in [0.4, 0.5) is 4.39 Å². The fourth-order valence-electron chi connectivity index (χ4n) is 2.22. The minimum Gasteiger partial charge on any atom is -0.349 e. The fourth-order valence-corrected chi connectivity index (χ4v) is 2.22. The van der Waals surface area contributed by atoms with Gasteiger partial charge >= 0.3 is 0 Å². The van der Waals surface area contributed by atoms with Gasteiger partial charge in [-0.1, -0.05) is 19.9 Å². The van der Waals surface area contributed by atoms with Gasteiger partial charge in [-0.2, -0.15) is 5.10 Å². The zero-order valence-electron chi connectivity index (χ0n) is 12.6. The number of likely N-dealkylation sites (N-methyl/N-ethyl adjacent to an activating group) is 1. The third kappa shape index (κ3) is 3.30. The molecular formula is C15H19FN4O2. The second-order valence-electron chi connectivity index (χ2n) is 4.85. The molecule has 0 saturated heterocycles. The topological polar surface area (TPSA) is 78.1 Å². The molecule has 0 unspecified atom stereocenters. The molecule has 1 aromatic carbocycles. The van der Waals surface area contributed by atoms with Gasteiger partial charge < -0.3 is 10.2 Å². The van der Waals surface area contributed by atoms with E-state index in [9.17, 15) is 14.0 Å². The van der Waals surface area contributed by atoms with Crippen molar-refractivity contribution < 1.29 is 9.18 Å². The Bertz CT molecular complexity index is 725. The number of rotatable bonds is 6. The Labute approximate surface area is 127 Å². The summed E-state index contributed by atoms with van der Waals surface area (Å²) in [5.41, 5.74) is -0.821. The molecule has 0 spiro atoms. The van der Waals surface area contributed by atoms with Crippen LogP contribution in [0.15, 0.2) is 23.0 Å². The van der Waals surface area contributed by atoms with Crippen molar-refractivity contribution in [1.82, 2.24) is 20.4 Å². The fraction of sp³-hybridized carbons (Fsp3) is 0.400. The highest BCUT2D eigenvalue weighted by Gasteiger charge is 2.16.